The highest BCUT2D eigenvalue weighted by molar-refractivity contribution is 9.10. The average molecular weight is 449 g/mol. The number of nitrogens with zero attached hydrogens (tertiary/aromatic N) is 1. The van der Waals surface area contributed by atoms with E-state index in [0.717, 1.165) is 59.9 Å². The third-order valence-corrected chi connectivity index (χ3v) is 5.94. The molecule has 150 valence electrons. The summed E-state index contributed by atoms with van der Waals surface area (Å²) < 4.78 is 23.2. The normalized spacial score (nSPS) is 17.8. The Bertz CT molecular complexity index is 837. The molecule has 0 aromatic heterocycles. The predicted molar refractivity (Wildman–Crippen MR) is 111 cm³/mol. The smallest absolute Gasteiger partial charge is 0.231 e. The van der Waals surface area contributed by atoms with Gasteiger partial charge in [-0.1, -0.05) is 22.0 Å². The van der Waals surface area contributed by atoms with Crippen LogP contribution in [-0.2, 0) is 0 Å². The van der Waals surface area contributed by atoms with Gasteiger partial charge < -0.3 is 24.3 Å². The molecule has 7 heteroatoms. The Balaban J connectivity index is 1.81. The van der Waals surface area contributed by atoms with Gasteiger partial charge in [0.2, 0.25) is 6.79 Å². The van der Waals surface area contributed by atoms with Gasteiger partial charge in [-0.25, -0.2) is 0 Å². The number of methoxy groups -OCH3 is 2. The van der Waals surface area contributed by atoms with E-state index in [1.165, 1.54) is 5.56 Å². The van der Waals surface area contributed by atoms with Crippen molar-refractivity contribution >= 4 is 15.9 Å². The van der Waals surface area contributed by atoms with E-state index in [1.807, 2.05) is 12.1 Å². The lowest BCUT2D eigenvalue weighted by atomic mass is 9.95. The van der Waals surface area contributed by atoms with Crippen LogP contribution >= 0.6 is 15.9 Å². The molecule has 1 unspecified atom stereocenters. The maximum atomic E-state index is 5.64. The first-order valence-electron chi connectivity index (χ1n) is 9.47. The first kappa shape index (κ1) is 19.4. The fourth-order valence-electron chi connectivity index (χ4n) is 3.87. The maximum absolute atomic E-state index is 5.64. The van der Waals surface area contributed by atoms with Crippen LogP contribution in [0, 0.1) is 0 Å². The molecule has 1 fully saturated rings. The van der Waals surface area contributed by atoms with Crippen molar-refractivity contribution in [3.63, 3.8) is 0 Å². The summed E-state index contributed by atoms with van der Waals surface area (Å²) in [7, 11) is 3.32. The number of fused-ring (bicyclic) bond motifs is 1. The van der Waals surface area contributed by atoms with Crippen LogP contribution in [0.2, 0.25) is 0 Å². The predicted octanol–water partition coefficient (Wildman–Crippen LogP) is 3.58. The molecule has 1 N–H and O–H groups in total. The molecule has 6 nitrogen and oxygen atoms in total. The lowest BCUT2D eigenvalue weighted by Crippen LogP contribution is -2.33. The summed E-state index contributed by atoms with van der Waals surface area (Å²) in [6.45, 7) is 4.24. The van der Waals surface area contributed by atoms with Gasteiger partial charge in [-0.3, -0.25) is 4.90 Å². The minimum atomic E-state index is 0.0589. The molecule has 1 atom stereocenters. The summed E-state index contributed by atoms with van der Waals surface area (Å²) in [5.74, 6) is 3.03. The topological polar surface area (TPSA) is 52.2 Å². The van der Waals surface area contributed by atoms with Crippen molar-refractivity contribution in [2.75, 3.05) is 47.2 Å². The molecule has 0 spiro atoms. The van der Waals surface area contributed by atoms with Crippen LogP contribution < -0.4 is 24.3 Å². The standard InChI is InChI=1S/C21H25BrN2O4/c1-25-18-11-15(16(22)12-19(18)26-2)21(24-8-3-6-23-7-9-24)14-4-5-17-20(10-14)28-13-27-17/h4-5,10-12,21,23H,3,6-9,13H2,1-2H3. The maximum Gasteiger partial charge on any atom is 0.231 e. The van der Waals surface area contributed by atoms with Crippen LogP contribution in [0.4, 0.5) is 0 Å². The molecule has 0 bridgehead atoms. The van der Waals surface area contributed by atoms with Crippen molar-refractivity contribution in [1.82, 2.24) is 10.2 Å². The molecule has 28 heavy (non-hydrogen) atoms. The first-order chi connectivity index (χ1) is 13.7. The molecular weight excluding hydrogens is 424 g/mol. The molecule has 2 aromatic rings. The third kappa shape index (κ3) is 3.79. The fourth-order valence-corrected chi connectivity index (χ4v) is 4.41. The van der Waals surface area contributed by atoms with E-state index in [0.29, 0.717) is 5.75 Å². The van der Waals surface area contributed by atoms with E-state index in [2.05, 4.69) is 44.3 Å². The number of ether oxygens (including phenoxy) is 4. The van der Waals surface area contributed by atoms with Crippen LogP contribution in [0.15, 0.2) is 34.8 Å². The largest absolute Gasteiger partial charge is 0.493 e. The number of hydrogen-bond acceptors (Lipinski definition) is 6. The third-order valence-electron chi connectivity index (χ3n) is 5.25. The van der Waals surface area contributed by atoms with Crippen molar-refractivity contribution in [3.8, 4) is 23.0 Å². The van der Waals surface area contributed by atoms with Crippen molar-refractivity contribution in [3.05, 3.63) is 45.9 Å². The Labute approximate surface area is 173 Å². The van der Waals surface area contributed by atoms with Crippen molar-refractivity contribution in [1.29, 1.82) is 0 Å². The molecule has 0 radical (unpaired) electrons. The van der Waals surface area contributed by atoms with Crippen molar-refractivity contribution in [2.45, 2.75) is 12.5 Å². The van der Waals surface area contributed by atoms with Crippen LogP contribution in [0.1, 0.15) is 23.6 Å². The SMILES string of the molecule is COc1cc(Br)c(C(c2ccc3c(c2)OCO3)N2CCCNCC2)cc1OC. The van der Waals surface area contributed by atoms with Gasteiger partial charge >= 0.3 is 0 Å². The zero-order valence-corrected chi connectivity index (χ0v) is 17.8. The highest BCUT2D eigenvalue weighted by Gasteiger charge is 2.28. The van der Waals surface area contributed by atoms with Crippen LogP contribution in [0.5, 0.6) is 23.0 Å². The molecule has 0 aliphatic carbocycles. The van der Waals surface area contributed by atoms with Gasteiger partial charge in [-0.05, 0) is 48.4 Å². The molecule has 0 amide bonds. The van der Waals surface area contributed by atoms with Gasteiger partial charge in [0, 0.05) is 24.1 Å². The molecule has 2 aliphatic rings. The summed E-state index contributed by atoms with van der Waals surface area (Å²) in [5.41, 5.74) is 2.30. The van der Waals surface area contributed by atoms with E-state index < -0.39 is 0 Å². The lowest BCUT2D eigenvalue weighted by Gasteiger charge is -2.32. The second-order valence-corrected chi connectivity index (χ2v) is 7.74. The Hall–Kier alpha value is -1.96. The van der Waals surface area contributed by atoms with Gasteiger partial charge in [0.05, 0.1) is 20.3 Å². The Kier molecular flexibility index (Phi) is 5.94. The summed E-state index contributed by atoms with van der Waals surface area (Å²) >= 11 is 3.76. The van der Waals surface area contributed by atoms with E-state index in [4.69, 9.17) is 18.9 Å². The molecule has 4 rings (SSSR count). The summed E-state index contributed by atoms with van der Waals surface area (Å²) in [5, 5.41) is 3.49. The van der Waals surface area contributed by atoms with E-state index in [-0.39, 0.29) is 12.8 Å². The van der Waals surface area contributed by atoms with E-state index in [9.17, 15) is 0 Å². The number of benzene rings is 2. The molecular formula is C21H25BrN2O4. The second-order valence-electron chi connectivity index (χ2n) is 6.88. The number of rotatable bonds is 5. The number of halogens is 1. The van der Waals surface area contributed by atoms with Gasteiger partial charge in [-0.15, -0.1) is 0 Å². The van der Waals surface area contributed by atoms with E-state index in [1.54, 1.807) is 14.2 Å². The Morgan fingerprint density at radius 3 is 2.61 bits per heavy atom. The molecule has 2 heterocycles. The molecule has 1 saturated heterocycles. The molecule has 0 saturated carbocycles. The average Bonchev–Trinajstić information content (AvgIpc) is 3.02. The lowest BCUT2D eigenvalue weighted by molar-refractivity contribution is 0.173. The highest BCUT2D eigenvalue weighted by atomic mass is 79.9. The Morgan fingerprint density at radius 1 is 1.00 bits per heavy atom. The van der Waals surface area contributed by atoms with Gasteiger partial charge in [0.15, 0.2) is 23.0 Å². The molecule has 2 aliphatic heterocycles. The number of nitrogens with one attached hydrogen (secondary N) is 1. The zero-order chi connectivity index (χ0) is 19.5. The molecule has 2 aromatic carbocycles. The fraction of sp³-hybridized carbons (Fsp3) is 0.429. The van der Waals surface area contributed by atoms with Crippen LogP contribution in [0.25, 0.3) is 0 Å². The van der Waals surface area contributed by atoms with Crippen LogP contribution in [-0.4, -0.2) is 52.1 Å². The minimum Gasteiger partial charge on any atom is -0.493 e. The van der Waals surface area contributed by atoms with Crippen LogP contribution in [0.3, 0.4) is 0 Å². The zero-order valence-electron chi connectivity index (χ0n) is 16.2. The first-order valence-corrected chi connectivity index (χ1v) is 10.3. The summed E-state index contributed by atoms with van der Waals surface area (Å²) in [6.07, 6.45) is 1.10. The monoisotopic (exact) mass is 448 g/mol. The van der Waals surface area contributed by atoms with Crippen molar-refractivity contribution in [2.24, 2.45) is 0 Å². The van der Waals surface area contributed by atoms with Gasteiger partial charge in [-0.2, -0.15) is 0 Å². The number of hydrogen-bond donors (Lipinski definition) is 1. The minimum absolute atomic E-state index is 0.0589. The quantitative estimate of drug-likeness (QED) is 0.754. The Morgan fingerprint density at radius 2 is 1.79 bits per heavy atom. The highest BCUT2D eigenvalue weighted by Crippen LogP contribution is 2.43. The van der Waals surface area contributed by atoms with Gasteiger partial charge in [0.1, 0.15) is 0 Å². The summed E-state index contributed by atoms with van der Waals surface area (Å²) in [6, 6.07) is 10.3. The summed E-state index contributed by atoms with van der Waals surface area (Å²) in [4.78, 5) is 2.50. The second kappa shape index (κ2) is 8.59. The van der Waals surface area contributed by atoms with E-state index >= 15 is 0 Å². The van der Waals surface area contributed by atoms with Crippen molar-refractivity contribution < 1.29 is 18.9 Å². The van der Waals surface area contributed by atoms with Gasteiger partial charge in [0.25, 0.3) is 0 Å².